The molecule has 1 aromatic heterocycles. The third-order valence-electron chi connectivity index (χ3n) is 4.46. The minimum atomic E-state index is -0.891. The van der Waals surface area contributed by atoms with Gasteiger partial charge in [0.15, 0.2) is 17.4 Å². The maximum atomic E-state index is 13.6. The number of halogens is 2. The van der Waals surface area contributed by atoms with Crippen molar-refractivity contribution in [2.45, 2.75) is 12.3 Å². The molecular formula is C18H13F2NO2. The first kappa shape index (κ1) is 13.9. The third-order valence-corrected chi connectivity index (χ3v) is 4.46. The first-order chi connectivity index (χ1) is 11.1. The number of ketones is 1. The minimum Gasteiger partial charge on any atom is -0.497 e. The van der Waals surface area contributed by atoms with Crippen LogP contribution >= 0.6 is 0 Å². The van der Waals surface area contributed by atoms with Crippen LogP contribution in [0.25, 0.3) is 10.9 Å². The number of H-pyrrole nitrogens is 1. The predicted molar refractivity (Wildman–Crippen MR) is 82.0 cm³/mol. The third kappa shape index (κ3) is 2.04. The molecule has 0 saturated carbocycles. The first-order valence-electron chi connectivity index (χ1n) is 7.25. The van der Waals surface area contributed by atoms with Gasteiger partial charge in [-0.25, -0.2) is 8.78 Å². The molecule has 1 heterocycles. The highest BCUT2D eigenvalue weighted by atomic mass is 19.2. The average molecular weight is 313 g/mol. The van der Waals surface area contributed by atoms with E-state index in [0.29, 0.717) is 28.6 Å². The molecule has 0 fully saturated rings. The molecule has 23 heavy (non-hydrogen) atoms. The lowest BCUT2D eigenvalue weighted by Crippen LogP contribution is -1.96. The van der Waals surface area contributed by atoms with E-state index in [4.69, 9.17) is 4.74 Å². The Hall–Kier alpha value is -2.69. The fourth-order valence-electron chi connectivity index (χ4n) is 3.32. The first-order valence-corrected chi connectivity index (χ1v) is 7.25. The molecule has 0 radical (unpaired) electrons. The van der Waals surface area contributed by atoms with Crippen molar-refractivity contribution in [1.82, 2.24) is 4.98 Å². The topological polar surface area (TPSA) is 42.1 Å². The van der Waals surface area contributed by atoms with Crippen LogP contribution < -0.4 is 4.74 Å². The zero-order valence-electron chi connectivity index (χ0n) is 12.3. The average Bonchev–Trinajstić information content (AvgIpc) is 3.09. The summed E-state index contributed by atoms with van der Waals surface area (Å²) in [5, 5.41) is 0.602. The van der Waals surface area contributed by atoms with Gasteiger partial charge < -0.3 is 9.72 Å². The molecule has 3 aromatic rings. The summed E-state index contributed by atoms with van der Waals surface area (Å²) in [7, 11) is 1.55. The van der Waals surface area contributed by atoms with Crippen molar-refractivity contribution < 1.29 is 18.3 Å². The number of aromatic nitrogens is 1. The Morgan fingerprint density at radius 3 is 2.70 bits per heavy atom. The zero-order valence-corrected chi connectivity index (χ0v) is 12.3. The summed E-state index contributed by atoms with van der Waals surface area (Å²) in [6.45, 7) is 0. The number of aromatic amines is 1. The number of fused-ring (bicyclic) bond motifs is 2. The van der Waals surface area contributed by atoms with Gasteiger partial charge in [-0.15, -0.1) is 0 Å². The Morgan fingerprint density at radius 1 is 1.13 bits per heavy atom. The minimum absolute atomic E-state index is 0.0285. The van der Waals surface area contributed by atoms with Crippen molar-refractivity contribution in [1.29, 1.82) is 0 Å². The quantitative estimate of drug-likeness (QED) is 0.771. The largest absolute Gasteiger partial charge is 0.497 e. The monoisotopic (exact) mass is 313 g/mol. The van der Waals surface area contributed by atoms with Crippen LogP contribution in [0.2, 0.25) is 0 Å². The predicted octanol–water partition coefficient (Wildman–Crippen LogP) is 4.17. The van der Waals surface area contributed by atoms with E-state index in [1.54, 1.807) is 25.4 Å². The Morgan fingerprint density at radius 2 is 1.91 bits per heavy atom. The molecule has 0 saturated heterocycles. The Labute approximate surface area is 130 Å². The Bertz CT molecular complexity index is 946. The summed E-state index contributed by atoms with van der Waals surface area (Å²) >= 11 is 0. The van der Waals surface area contributed by atoms with Gasteiger partial charge in [0.1, 0.15) is 5.75 Å². The van der Waals surface area contributed by atoms with Crippen LogP contribution in [0.3, 0.4) is 0 Å². The van der Waals surface area contributed by atoms with Crippen LogP contribution in [0.5, 0.6) is 5.75 Å². The lowest BCUT2D eigenvalue weighted by molar-refractivity contribution is 0.0991. The maximum absolute atomic E-state index is 13.6. The van der Waals surface area contributed by atoms with E-state index in [2.05, 4.69) is 4.98 Å². The van der Waals surface area contributed by atoms with Crippen LogP contribution in [0.4, 0.5) is 8.78 Å². The number of methoxy groups -OCH3 is 1. The second-order valence-corrected chi connectivity index (χ2v) is 5.69. The van der Waals surface area contributed by atoms with Crippen molar-refractivity contribution in [3.8, 4) is 5.75 Å². The zero-order chi connectivity index (χ0) is 16.1. The molecule has 1 unspecified atom stereocenters. The summed E-state index contributed by atoms with van der Waals surface area (Å²) in [5.41, 5.74) is 2.84. The molecule has 1 N–H and O–H groups in total. The number of hydrogen-bond acceptors (Lipinski definition) is 2. The van der Waals surface area contributed by atoms with E-state index in [1.165, 1.54) is 6.07 Å². The lowest BCUT2D eigenvalue weighted by atomic mass is 9.92. The van der Waals surface area contributed by atoms with Gasteiger partial charge >= 0.3 is 0 Å². The molecule has 2 aromatic carbocycles. The fourth-order valence-corrected chi connectivity index (χ4v) is 3.32. The van der Waals surface area contributed by atoms with Crippen molar-refractivity contribution >= 4 is 16.7 Å². The number of benzene rings is 2. The van der Waals surface area contributed by atoms with Gasteiger partial charge in [0.2, 0.25) is 0 Å². The molecule has 5 heteroatoms. The van der Waals surface area contributed by atoms with Gasteiger partial charge in [0.25, 0.3) is 0 Å². The molecule has 3 nitrogen and oxygen atoms in total. The number of Topliss-reactive ketones (excluding diaryl/α,β-unsaturated/α-hetero) is 1. The van der Waals surface area contributed by atoms with Crippen LogP contribution in [0.1, 0.15) is 33.8 Å². The van der Waals surface area contributed by atoms with Crippen LogP contribution in [0.15, 0.2) is 36.5 Å². The SMILES string of the molecule is COc1ccc2c(c1)C(=O)CC2c1c[nH]c2cc(F)c(F)cc12. The highest BCUT2D eigenvalue weighted by Crippen LogP contribution is 2.42. The summed E-state index contributed by atoms with van der Waals surface area (Å²) in [6.07, 6.45) is 2.04. The molecule has 0 amide bonds. The van der Waals surface area contributed by atoms with Crippen molar-refractivity contribution in [3.05, 3.63) is 64.9 Å². The Kier molecular flexibility index (Phi) is 2.98. The second kappa shape index (κ2) is 4.91. The van der Waals surface area contributed by atoms with E-state index >= 15 is 0 Å². The van der Waals surface area contributed by atoms with Gasteiger partial charge in [-0.05, 0) is 29.3 Å². The van der Waals surface area contributed by atoms with Crippen molar-refractivity contribution in [3.63, 3.8) is 0 Å². The van der Waals surface area contributed by atoms with Crippen LogP contribution in [0, 0.1) is 11.6 Å². The smallest absolute Gasteiger partial charge is 0.164 e. The summed E-state index contributed by atoms with van der Waals surface area (Å²) in [6, 6.07) is 7.72. The van der Waals surface area contributed by atoms with E-state index in [1.807, 2.05) is 6.07 Å². The number of carbonyl (C=O) groups excluding carboxylic acids is 1. The Balaban J connectivity index is 1.88. The van der Waals surface area contributed by atoms with Crippen molar-refractivity contribution in [2.75, 3.05) is 7.11 Å². The molecule has 116 valence electrons. The van der Waals surface area contributed by atoms with E-state index < -0.39 is 11.6 Å². The number of nitrogens with one attached hydrogen (secondary N) is 1. The number of rotatable bonds is 2. The molecule has 0 aliphatic heterocycles. The second-order valence-electron chi connectivity index (χ2n) is 5.69. The fraction of sp³-hybridized carbons (Fsp3) is 0.167. The normalized spacial score (nSPS) is 16.8. The molecule has 1 atom stereocenters. The number of ether oxygens (including phenoxy) is 1. The van der Waals surface area contributed by atoms with Gasteiger partial charge in [0.05, 0.1) is 7.11 Å². The number of carbonyl (C=O) groups is 1. The van der Waals surface area contributed by atoms with E-state index in [9.17, 15) is 13.6 Å². The molecule has 0 bridgehead atoms. The van der Waals surface area contributed by atoms with E-state index in [0.717, 1.165) is 17.2 Å². The molecular weight excluding hydrogens is 300 g/mol. The van der Waals surface area contributed by atoms with Gasteiger partial charge in [-0.2, -0.15) is 0 Å². The number of hydrogen-bond donors (Lipinski definition) is 1. The van der Waals surface area contributed by atoms with Gasteiger partial charge in [0, 0.05) is 41.1 Å². The summed E-state index contributed by atoms with van der Waals surface area (Å²) in [4.78, 5) is 15.3. The summed E-state index contributed by atoms with van der Waals surface area (Å²) in [5.74, 6) is -1.29. The highest BCUT2D eigenvalue weighted by Gasteiger charge is 2.32. The summed E-state index contributed by atoms with van der Waals surface area (Å²) < 4.78 is 32.1. The maximum Gasteiger partial charge on any atom is 0.164 e. The highest BCUT2D eigenvalue weighted by molar-refractivity contribution is 6.03. The lowest BCUT2D eigenvalue weighted by Gasteiger charge is -2.10. The molecule has 4 rings (SSSR count). The van der Waals surface area contributed by atoms with Gasteiger partial charge in [-0.3, -0.25) is 4.79 Å². The van der Waals surface area contributed by atoms with E-state index in [-0.39, 0.29) is 11.7 Å². The molecule has 1 aliphatic carbocycles. The van der Waals surface area contributed by atoms with Crippen LogP contribution in [-0.2, 0) is 0 Å². The molecule has 1 aliphatic rings. The van der Waals surface area contributed by atoms with Gasteiger partial charge in [-0.1, -0.05) is 6.07 Å². The van der Waals surface area contributed by atoms with Crippen LogP contribution in [-0.4, -0.2) is 17.9 Å². The molecule has 0 spiro atoms. The van der Waals surface area contributed by atoms with Crippen molar-refractivity contribution in [2.24, 2.45) is 0 Å². The standard InChI is InChI=1S/C18H13F2NO2/c1-23-9-2-3-10-11(6-18(22)13(10)4-9)14-8-21-17-7-16(20)15(19)5-12(14)17/h2-5,7-8,11,21H,6H2,1H3.